The summed E-state index contributed by atoms with van der Waals surface area (Å²) in [6.45, 7) is 4.64. The van der Waals surface area contributed by atoms with E-state index in [0.717, 1.165) is 11.1 Å². The van der Waals surface area contributed by atoms with Crippen molar-refractivity contribution in [2.45, 2.75) is 103 Å². The topological polar surface area (TPSA) is 189 Å². The van der Waals surface area contributed by atoms with Crippen molar-refractivity contribution < 1.29 is 43.6 Å². The Balaban J connectivity index is 1.22. The molecule has 0 radical (unpaired) electrons. The van der Waals surface area contributed by atoms with E-state index >= 15 is 4.39 Å². The fraction of sp³-hybridized carbons (Fsp3) is 0.486. The lowest BCUT2D eigenvalue weighted by molar-refractivity contribution is -0.236. The zero-order valence-electron chi connectivity index (χ0n) is 28.7. The number of halogens is 1. The van der Waals surface area contributed by atoms with Crippen LogP contribution in [0, 0.1) is 18.2 Å². The number of fused-ring (bicyclic) bond motifs is 5. The Labute approximate surface area is 292 Å². The average molecular weight is 705 g/mol. The second-order valence-electron chi connectivity index (χ2n) is 14.3. The third-order valence-corrected chi connectivity index (χ3v) is 11.2. The summed E-state index contributed by atoms with van der Waals surface area (Å²) < 4.78 is 28.1. The number of aryl methyl sites for hydroxylation is 1. The summed E-state index contributed by atoms with van der Waals surface area (Å²) in [5, 5.41) is 37.2. The highest BCUT2D eigenvalue weighted by molar-refractivity contribution is 5.93. The molecule has 7 rings (SSSR count). The lowest BCUT2D eigenvalue weighted by Gasteiger charge is -2.37. The van der Waals surface area contributed by atoms with Gasteiger partial charge in [0.15, 0.2) is 6.29 Å². The first-order valence-corrected chi connectivity index (χ1v) is 17.3. The molecule has 1 unspecified atom stereocenters. The largest absolute Gasteiger partial charge is 0.480 e. The van der Waals surface area contributed by atoms with E-state index in [1.54, 1.807) is 37.5 Å². The molecular weight excluding hydrogens is 663 g/mol. The van der Waals surface area contributed by atoms with Gasteiger partial charge in [0.1, 0.15) is 24.1 Å². The van der Waals surface area contributed by atoms with Crippen molar-refractivity contribution in [2.24, 2.45) is 5.41 Å². The Kier molecular flexibility index (Phi) is 8.75. The summed E-state index contributed by atoms with van der Waals surface area (Å²) >= 11 is 0. The highest BCUT2D eigenvalue weighted by atomic mass is 19.1. The summed E-state index contributed by atoms with van der Waals surface area (Å²) in [6, 6.07) is 2.45. The maximum atomic E-state index is 15.3. The summed E-state index contributed by atoms with van der Waals surface area (Å²) in [6.07, 6.45) is 3.53. The molecule has 1 aromatic carbocycles. The summed E-state index contributed by atoms with van der Waals surface area (Å²) in [4.78, 5) is 56.2. The molecule has 0 saturated carbocycles. The molecule has 3 aromatic rings. The molecule has 270 valence electrons. The van der Waals surface area contributed by atoms with Gasteiger partial charge < -0.3 is 40.0 Å². The van der Waals surface area contributed by atoms with Crippen molar-refractivity contribution in [1.82, 2.24) is 20.2 Å². The van der Waals surface area contributed by atoms with Crippen molar-refractivity contribution in [3.63, 3.8) is 0 Å². The smallest absolute Gasteiger partial charge is 0.408 e. The van der Waals surface area contributed by atoms with Gasteiger partial charge in [0.2, 0.25) is 5.91 Å². The number of carbonyl (C=O) groups is 3. The molecule has 5 atom stereocenters. The number of hydrogen-bond acceptors (Lipinski definition) is 9. The normalized spacial score (nSPS) is 27.0. The van der Waals surface area contributed by atoms with E-state index in [1.165, 1.54) is 6.07 Å². The first kappa shape index (κ1) is 34.8. The Bertz CT molecular complexity index is 2080. The Morgan fingerprint density at radius 3 is 2.71 bits per heavy atom. The number of aliphatic hydroxyl groups excluding tert-OH is 1. The minimum absolute atomic E-state index is 0.0859. The number of aliphatic hydroxyl groups is 2. The van der Waals surface area contributed by atoms with E-state index in [9.17, 15) is 29.4 Å². The number of carboxylic acid groups (broad SMARTS) is 1. The van der Waals surface area contributed by atoms with Crippen molar-refractivity contribution in [3.05, 3.63) is 73.8 Å². The number of carbonyl (C=O) groups excluding carboxylic acids is 2. The van der Waals surface area contributed by atoms with Gasteiger partial charge in [-0.3, -0.25) is 14.4 Å². The molecule has 2 aliphatic carbocycles. The molecule has 0 spiro atoms. The van der Waals surface area contributed by atoms with E-state index in [1.807, 2.05) is 6.08 Å². The van der Waals surface area contributed by atoms with Crippen molar-refractivity contribution >= 4 is 28.9 Å². The van der Waals surface area contributed by atoms with Gasteiger partial charge in [-0.05, 0) is 80.7 Å². The number of aliphatic carboxylic acids is 1. The molecule has 14 heteroatoms. The number of benzene rings is 1. The quantitative estimate of drug-likeness (QED) is 0.185. The van der Waals surface area contributed by atoms with E-state index in [4.69, 9.17) is 19.6 Å². The Morgan fingerprint density at radius 2 is 1.96 bits per heavy atom. The second-order valence-corrected chi connectivity index (χ2v) is 14.3. The maximum Gasteiger partial charge on any atom is 0.408 e. The van der Waals surface area contributed by atoms with Gasteiger partial charge in [-0.25, -0.2) is 14.2 Å². The second kappa shape index (κ2) is 12.8. The number of carboxylic acids is 1. The predicted molar refractivity (Wildman–Crippen MR) is 181 cm³/mol. The van der Waals surface area contributed by atoms with Gasteiger partial charge in [0.25, 0.3) is 5.56 Å². The summed E-state index contributed by atoms with van der Waals surface area (Å²) in [5.41, 5.74) is 1.35. The number of hydrogen-bond donors (Lipinski definition) is 5. The predicted octanol–water partition coefficient (Wildman–Crippen LogP) is 3.74. The molecule has 13 nitrogen and oxygen atoms in total. The zero-order chi connectivity index (χ0) is 36.4. The van der Waals surface area contributed by atoms with Crippen LogP contribution in [0.15, 0.2) is 29.1 Å². The van der Waals surface area contributed by atoms with Crippen LogP contribution in [0.2, 0.25) is 0 Å². The molecule has 51 heavy (non-hydrogen) atoms. The first-order chi connectivity index (χ1) is 24.3. The van der Waals surface area contributed by atoms with E-state index in [2.05, 4.69) is 10.6 Å². The SMILES string of the molecule is CC[C@]1(O)c2cc3n(c(=O)c2COC1O)Cc1c-3nc2cc(F)c(C)c3c2c1[C@@H](NC(=O)O[C@H]1/C=C/CC[C@@](C)(C(=O)NCC(=O)O)CC1)CC3. The first-order valence-electron chi connectivity index (χ1n) is 17.3. The highest BCUT2D eigenvalue weighted by Gasteiger charge is 2.45. The number of nitrogens with one attached hydrogen (secondary N) is 2. The maximum absolute atomic E-state index is 15.3. The van der Waals surface area contributed by atoms with Crippen LogP contribution in [0.25, 0.3) is 22.3 Å². The van der Waals surface area contributed by atoms with Crippen LogP contribution in [0.1, 0.15) is 91.8 Å². The standard InChI is InChI=1S/C37H41FN4O9/c1-4-37(49)23-13-27-31-21(16-42(27)32(45)22(23)17-50-34(37)47)30-25(9-8-20-18(2)24(38)14-26(40-31)29(20)30)41-35(48)51-19-7-5-6-11-36(3,12-10-19)33(46)39-15-28(43)44/h5,7,13-14,19,25,34,47,49H,4,6,8-12,15-17H2,1-3H3,(H,39,46)(H,41,48)(H,43,44)/b7-5+/t19-,25-,34?,36+,37-/m0/s1. The van der Waals surface area contributed by atoms with E-state index in [0.29, 0.717) is 71.9 Å². The minimum Gasteiger partial charge on any atom is -0.480 e. The van der Waals surface area contributed by atoms with Crippen LogP contribution in [-0.4, -0.2) is 61.8 Å². The van der Waals surface area contributed by atoms with E-state index in [-0.39, 0.29) is 36.6 Å². The van der Waals surface area contributed by atoms with Crippen LogP contribution >= 0.6 is 0 Å². The van der Waals surface area contributed by atoms with E-state index < -0.39 is 59.4 Å². The fourth-order valence-electron chi connectivity index (χ4n) is 8.15. The van der Waals surface area contributed by atoms with Gasteiger partial charge in [0.05, 0.1) is 36.1 Å². The number of alkyl carbamates (subject to hydrolysis) is 1. The Morgan fingerprint density at radius 1 is 1.18 bits per heavy atom. The van der Waals surface area contributed by atoms with Crippen LogP contribution in [0.4, 0.5) is 9.18 Å². The summed E-state index contributed by atoms with van der Waals surface area (Å²) in [7, 11) is 0. The third kappa shape index (κ3) is 5.78. The fourth-order valence-corrected chi connectivity index (χ4v) is 8.15. The number of allylic oxidation sites excluding steroid dienone is 1. The van der Waals surface area contributed by atoms with Crippen molar-refractivity contribution in [1.29, 1.82) is 0 Å². The lowest BCUT2D eigenvalue weighted by Crippen LogP contribution is -2.47. The number of nitrogens with zero attached hydrogens (tertiary/aromatic N) is 2. The molecule has 0 bridgehead atoms. The summed E-state index contributed by atoms with van der Waals surface area (Å²) in [5.74, 6) is -1.91. The zero-order valence-corrected chi connectivity index (χ0v) is 28.7. The van der Waals surface area contributed by atoms with Crippen LogP contribution in [-0.2, 0) is 44.2 Å². The molecule has 0 saturated heterocycles. The molecule has 2 aromatic heterocycles. The number of amides is 2. The molecule has 4 aliphatic rings. The number of pyridine rings is 2. The minimum atomic E-state index is -1.81. The molecule has 0 fully saturated rings. The third-order valence-electron chi connectivity index (χ3n) is 11.2. The molecule has 5 N–H and O–H groups in total. The molecule has 4 heterocycles. The molecule has 2 aliphatic heterocycles. The van der Waals surface area contributed by atoms with Crippen molar-refractivity contribution in [3.8, 4) is 11.4 Å². The number of ether oxygens (including phenoxy) is 2. The molecule has 2 amide bonds. The van der Waals surface area contributed by atoms with Gasteiger partial charge in [-0.15, -0.1) is 0 Å². The highest BCUT2D eigenvalue weighted by Crippen LogP contribution is 2.46. The van der Waals surface area contributed by atoms with Crippen molar-refractivity contribution in [2.75, 3.05) is 6.54 Å². The molecular formula is C37H41FN4O9. The van der Waals surface area contributed by atoms with Crippen LogP contribution < -0.4 is 16.2 Å². The van der Waals surface area contributed by atoms with Gasteiger partial charge in [0, 0.05) is 33.6 Å². The average Bonchev–Trinajstić information content (AvgIpc) is 3.46. The number of rotatable bonds is 6. The lowest BCUT2D eigenvalue weighted by atomic mass is 9.78. The number of aromatic nitrogens is 2. The monoisotopic (exact) mass is 704 g/mol. The van der Waals surface area contributed by atoms with Gasteiger partial charge in [-0.1, -0.05) is 19.9 Å². The van der Waals surface area contributed by atoms with Crippen LogP contribution in [0.3, 0.4) is 0 Å². The van der Waals surface area contributed by atoms with Gasteiger partial charge in [-0.2, -0.15) is 0 Å². The van der Waals surface area contributed by atoms with Crippen LogP contribution in [0.5, 0.6) is 0 Å². The Hall–Kier alpha value is -4.66. The van der Waals surface area contributed by atoms with Gasteiger partial charge >= 0.3 is 12.1 Å².